The number of hydrogen-bond acceptors (Lipinski definition) is 5. The van der Waals surface area contributed by atoms with Crippen LogP contribution in [0.4, 0.5) is 11.4 Å². The molecule has 0 radical (unpaired) electrons. The number of phenols is 1. The van der Waals surface area contributed by atoms with Crippen LogP contribution in [0.15, 0.2) is 46.9 Å². The molecule has 0 fully saturated rings. The summed E-state index contributed by atoms with van der Waals surface area (Å²) in [6, 6.07) is 9.69. The molecule has 112 valence electrons. The van der Waals surface area contributed by atoms with Crippen molar-refractivity contribution in [3.05, 3.63) is 68.2 Å². The number of rotatable bonds is 4. The molecule has 0 saturated carbocycles. The van der Waals surface area contributed by atoms with Gasteiger partial charge in [0.05, 0.1) is 10.5 Å². The fraction of sp³-hybridized carbons (Fsp3) is 0. The summed E-state index contributed by atoms with van der Waals surface area (Å²) in [5, 5.41) is 20.7. The van der Waals surface area contributed by atoms with Gasteiger partial charge in [-0.2, -0.15) is 0 Å². The van der Waals surface area contributed by atoms with Gasteiger partial charge in [-0.05, 0) is 35.9 Å². The van der Waals surface area contributed by atoms with Gasteiger partial charge in [0.2, 0.25) is 5.75 Å². The zero-order chi connectivity index (χ0) is 16.3. The Kier molecular flexibility index (Phi) is 4.57. The molecule has 2 aromatic carbocycles. The molecule has 3 N–H and O–H groups in total. The molecule has 0 unspecified atom stereocenters. The summed E-state index contributed by atoms with van der Waals surface area (Å²) in [6.45, 7) is 0. The predicted octanol–water partition coefficient (Wildman–Crippen LogP) is 3.54. The molecule has 0 aliphatic rings. The van der Waals surface area contributed by atoms with Gasteiger partial charge < -0.3 is 10.8 Å². The fourth-order valence-corrected chi connectivity index (χ4v) is 2.09. The van der Waals surface area contributed by atoms with E-state index < -0.39 is 22.1 Å². The van der Waals surface area contributed by atoms with Crippen molar-refractivity contribution < 1.29 is 14.8 Å². The Hall–Kier alpha value is -2.67. The molecule has 22 heavy (non-hydrogen) atoms. The highest BCUT2D eigenvalue weighted by atomic mass is 79.9. The number of allylic oxidation sites excluding steroid dienone is 1. The fourth-order valence-electron chi connectivity index (χ4n) is 1.82. The summed E-state index contributed by atoms with van der Waals surface area (Å²) in [7, 11) is 0. The first kappa shape index (κ1) is 15.7. The maximum absolute atomic E-state index is 12.1. The van der Waals surface area contributed by atoms with E-state index in [0.717, 1.165) is 10.0 Å². The minimum absolute atomic E-state index is 0.172. The molecule has 6 nitrogen and oxygen atoms in total. The highest BCUT2D eigenvalue weighted by molar-refractivity contribution is 9.10. The molecule has 0 aliphatic carbocycles. The summed E-state index contributed by atoms with van der Waals surface area (Å²) in [4.78, 5) is 22.1. The highest BCUT2D eigenvalue weighted by Crippen LogP contribution is 2.35. The van der Waals surface area contributed by atoms with Gasteiger partial charge in [0.25, 0.3) is 0 Å². The number of carbonyl (C=O) groups excluding carboxylic acids is 1. The number of ketones is 1. The second-order valence-electron chi connectivity index (χ2n) is 4.41. The number of nitrogens with two attached hydrogens (primary N) is 1. The van der Waals surface area contributed by atoms with Crippen LogP contribution in [-0.4, -0.2) is 15.8 Å². The van der Waals surface area contributed by atoms with Gasteiger partial charge in [0.1, 0.15) is 5.69 Å². The molecule has 7 heteroatoms. The van der Waals surface area contributed by atoms with E-state index in [1.807, 2.05) is 12.1 Å². The normalized spacial score (nSPS) is 10.8. The van der Waals surface area contributed by atoms with E-state index in [4.69, 9.17) is 5.73 Å². The van der Waals surface area contributed by atoms with E-state index in [9.17, 15) is 20.0 Å². The average molecular weight is 363 g/mol. The van der Waals surface area contributed by atoms with E-state index in [0.29, 0.717) is 0 Å². The Balaban J connectivity index is 2.32. The van der Waals surface area contributed by atoms with E-state index in [1.165, 1.54) is 18.2 Å². The number of nitro groups is 1. The number of halogens is 1. The molecular formula is C15H11BrN2O4. The second kappa shape index (κ2) is 6.40. The summed E-state index contributed by atoms with van der Waals surface area (Å²) >= 11 is 3.30. The van der Waals surface area contributed by atoms with E-state index in [2.05, 4.69) is 15.9 Å². The van der Waals surface area contributed by atoms with E-state index >= 15 is 0 Å². The number of phenolic OH excluding ortho intramolecular Hbond substituents is 1. The molecule has 0 aliphatic heterocycles. The average Bonchev–Trinajstić information content (AvgIpc) is 2.46. The summed E-state index contributed by atoms with van der Waals surface area (Å²) in [5.74, 6) is -1.28. The van der Waals surface area contributed by atoms with Gasteiger partial charge in [-0.3, -0.25) is 14.9 Å². The predicted molar refractivity (Wildman–Crippen MR) is 86.7 cm³/mol. The Morgan fingerprint density at radius 3 is 2.45 bits per heavy atom. The van der Waals surface area contributed by atoms with Crippen molar-refractivity contribution in [2.75, 3.05) is 5.73 Å². The number of anilines is 1. The highest BCUT2D eigenvalue weighted by Gasteiger charge is 2.23. The summed E-state index contributed by atoms with van der Waals surface area (Å²) < 4.78 is 0.905. The van der Waals surface area contributed by atoms with Gasteiger partial charge in [0, 0.05) is 4.47 Å². The quantitative estimate of drug-likeness (QED) is 0.284. The van der Waals surface area contributed by atoms with Crippen LogP contribution in [-0.2, 0) is 0 Å². The van der Waals surface area contributed by atoms with Crippen LogP contribution in [0.25, 0.3) is 6.08 Å². The lowest BCUT2D eigenvalue weighted by molar-refractivity contribution is -0.384. The molecule has 0 aromatic heterocycles. The molecule has 0 amide bonds. The Morgan fingerprint density at radius 1 is 1.23 bits per heavy atom. The number of benzene rings is 2. The standard InChI is InChI=1S/C15H11BrN2O4/c16-10-4-1-9(2-5-10)3-8-13(19)11-6-7-12(17)14(15(11)20)18(21)22/h1-8,20H,17H2. The number of nitro benzene ring substituents is 1. The summed E-state index contributed by atoms with van der Waals surface area (Å²) in [5.41, 5.74) is 5.18. The Morgan fingerprint density at radius 2 is 1.86 bits per heavy atom. The molecule has 0 spiro atoms. The third-order valence-electron chi connectivity index (χ3n) is 2.93. The number of nitrogens with zero attached hydrogens (tertiary/aromatic N) is 1. The number of hydrogen-bond donors (Lipinski definition) is 2. The monoisotopic (exact) mass is 362 g/mol. The first-order valence-electron chi connectivity index (χ1n) is 6.14. The van der Waals surface area contributed by atoms with Crippen molar-refractivity contribution in [2.45, 2.75) is 0 Å². The minimum atomic E-state index is -0.820. The largest absolute Gasteiger partial charge is 0.502 e. The first-order chi connectivity index (χ1) is 10.4. The van der Waals surface area contributed by atoms with E-state index in [1.54, 1.807) is 18.2 Å². The van der Waals surface area contributed by atoms with Crippen LogP contribution >= 0.6 is 15.9 Å². The number of nitrogen functional groups attached to an aromatic ring is 1. The third kappa shape index (κ3) is 3.32. The zero-order valence-corrected chi connectivity index (χ0v) is 12.8. The van der Waals surface area contributed by atoms with Crippen molar-refractivity contribution in [2.24, 2.45) is 0 Å². The van der Waals surface area contributed by atoms with Gasteiger partial charge >= 0.3 is 5.69 Å². The van der Waals surface area contributed by atoms with Crippen molar-refractivity contribution >= 4 is 39.2 Å². The zero-order valence-electron chi connectivity index (χ0n) is 11.2. The van der Waals surface area contributed by atoms with Gasteiger partial charge in [-0.15, -0.1) is 0 Å². The Bertz CT molecular complexity index is 770. The molecular weight excluding hydrogens is 352 g/mol. The van der Waals surface area contributed by atoms with Crippen molar-refractivity contribution in [1.82, 2.24) is 0 Å². The topological polar surface area (TPSA) is 106 Å². The number of carbonyl (C=O) groups is 1. The molecule has 0 heterocycles. The van der Waals surface area contributed by atoms with Crippen LogP contribution in [0.1, 0.15) is 15.9 Å². The van der Waals surface area contributed by atoms with Crippen molar-refractivity contribution in [1.29, 1.82) is 0 Å². The Labute approximate surface area is 134 Å². The maximum Gasteiger partial charge on any atom is 0.334 e. The molecule has 2 rings (SSSR count). The SMILES string of the molecule is Nc1ccc(C(=O)C=Cc2ccc(Br)cc2)c(O)c1[N+](=O)[O-]. The van der Waals surface area contributed by atoms with Gasteiger partial charge in [-0.25, -0.2) is 0 Å². The lowest BCUT2D eigenvalue weighted by atomic mass is 10.1. The minimum Gasteiger partial charge on any atom is -0.502 e. The molecule has 0 bridgehead atoms. The molecule has 0 saturated heterocycles. The number of aromatic hydroxyl groups is 1. The maximum atomic E-state index is 12.1. The van der Waals surface area contributed by atoms with Gasteiger partial charge in [0.15, 0.2) is 5.78 Å². The lowest BCUT2D eigenvalue weighted by Gasteiger charge is -2.04. The van der Waals surface area contributed by atoms with Crippen LogP contribution in [0, 0.1) is 10.1 Å². The lowest BCUT2D eigenvalue weighted by Crippen LogP contribution is -2.01. The van der Waals surface area contributed by atoms with Crippen LogP contribution < -0.4 is 5.73 Å². The second-order valence-corrected chi connectivity index (χ2v) is 5.32. The molecule has 2 aromatic rings. The van der Waals surface area contributed by atoms with Crippen LogP contribution in [0.3, 0.4) is 0 Å². The third-order valence-corrected chi connectivity index (χ3v) is 3.46. The van der Waals surface area contributed by atoms with Crippen LogP contribution in [0.2, 0.25) is 0 Å². The summed E-state index contributed by atoms with van der Waals surface area (Å²) in [6.07, 6.45) is 2.79. The van der Waals surface area contributed by atoms with Crippen molar-refractivity contribution in [3.63, 3.8) is 0 Å². The van der Waals surface area contributed by atoms with E-state index in [-0.39, 0.29) is 11.3 Å². The first-order valence-corrected chi connectivity index (χ1v) is 6.93. The van der Waals surface area contributed by atoms with Crippen molar-refractivity contribution in [3.8, 4) is 5.75 Å². The van der Waals surface area contributed by atoms with Crippen LogP contribution in [0.5, 0.6) is 5.75 Å². The molecule has 0 atom stereocenters. The van der Waals surface area contributed by atoms with Gasteiger partial charge in [-0.1, -0.05) is 34.1 Å². The smallest absolute Gasteiger partial charge is 0.334 e.